The lowest BCUT2D eigenvalue weighted by Gasteiger charge is -2.37. The molecule has 2 aromatic rings. The fraction of sp³-hybridized carbons (Fsp3) is 0.391. The van der Waals surface area contributed by atoms with Gasteiger partial charge in [-0.1, -0.05) is 12.1 Å². The van der Waals surface area contributed by atoms with Crippen molar-refractivity contribution in [3.63, 3.8) is 0 Å². The molecule has 1 atom stereocenters. The maximum Gasteiger partial charge on any atom is 0.262 e. The fourth-order valence-electron chi connectivity index (χ4n) is 4.11. The molecule has 1 unspecified atom stereocenters. The minimum absolute atomic E-state index is 0.00722. The molecule has 0 radical (unpaired) electrons. The standard InChI is InChI=1S/C23H27N3O5/c1-24-23(28)21-13-26(17-6-4-5-7-18(17)31-21)14-22(27)25-9-8-15-10-19(29-2)20(30-3)11-16(15)12-25/h4-7,10-11,21H,8-9,12-14H2,1-3H3,(H,24,28). The van der Waals surface area contributed by atoms with E-state index >= 15 is 0 Å². The second kappa shape index (κ2) is 8.75. The molecule has 8 heteroatoms. The molecule has 0 saturated carbocycles. The van der Waals surface area contributed by atoms with Crippen LogP contribution in [-0.2, 0) is 22.6 Å². The van der Waals surface area contributed by atoms with Crippen LogP contribution in [0.4, 0.5) is 5.69 Å². The van der Waals surface area contributed by atoms with Crippen LogP contribution >= 0.6 is 0 Å². The van der Waals surface area contributed by atoms with Crippen molar-refractivity contribution >= 4 is 17.5 Å². The van der Waals surface area contributed by atoms with Crippen LogP contribution in [0.2, 0.25) is 0 Å². The monoisotopic (exact) mass is 425 g/mol. The first-order chi connectivity index (χ1) is 15.0. The van der Waals surface area contributed by atoms with Crippen LogP contribution in [0.5, 0.6) is 17.2 Å². The van der Waals surface area contributed by atoms with E-state index in [2.05, 4.69) is 5.32 Å². The summed E-state index contributed by atoms with van der Waals surface area (Å²) in [6.07, 6.45) is 0.0913. The van der Waals surface area contributed by atoms with Gasteiger partial charge >= 0.3 is 0 Å². The Hall–Kier alpha value is -3.42. The number of anilines is 1. The first-order valence-electron chi connectivity index (χ1n) is 10.3. The molecule has 0 bridgehead atoms. The summed E-state index contributed by atoms with van der Waals surface area (Å²) >= 11 is 0. The van der Waals surface area contributed by atoms with E-state index in [1.54, 1.807) is 21.3 Å². The van der Waals surface area contributed by atoms with Gasteiger partial charge in [0.25, 0.3) is 5.91 Å². The summed E-state index contributed by atoms with van der Waals surface area (Å²) in [7, 11) is 4.81. The minimum atomic E-state index is -0.661. The van der Waals surface area contributed by atoms with Gasteiger partial charge < -0.3 is 29.3 Å². The predicted octanol–water partition coefficient (Wildman–Crippen LogP) is 1.60. The second-order valence-electron chi connectivity index (χ2n) is 7.61. The maximum absolute atomic E-state index is 13.2. The molecule has 2 heterocycles. The van der Waals surface area contributed by atoms with E-state index in [9.17, 15) is 9.59 Å². The van der Waals surface area contributed by atoms with Gasteiger partial charge in [-0.25, -0.2) is 0 Å². The molecule has 8 nitrogen and oxygen atoms in total. The summed E-state index contributed by atoms with van der Waals surface area (Å²) in [4.78, 5) is 29.1. The van der Waals surface area contributed by atoms with E-state index in [-0.39, 0.29) is 18.4 Å². The number of carbonyl (C=O) groups is 2. The van der Waals surface area contributed by atoms with Crippen LogP contribution in [0.15, 0.2) is 36.4 Å². The molecule has 0 saturated heterocycles. The second-order valence-corrected chi connectivity index (χ2v) is 7.61. The molecule has 2 aromatic carbocycles. The molecule has 2 aliphatic heterocycles. The van der Waals surface area contributed by atoms with Gasteiger partial charge in [0.15, 0.2) is 17.6 Å². The van der Waals surface area contributed by atoms with Gasteiger partial charge in [-0.3, -0.25) is 9.59 Å². The molecule has 0 spiro atoms. The van der Waals surface area contributed by atoms with Crippen LogP contribution in [0.1, 0.15) is 11.1 Å². The molecule has 2 aliphatic rings. The van der Waals surface area contributed by atoms with Gasteiger partial charge in [0, 0.05) is 20.1 Å². The number of nitrogens with one attached hydrogen (secondary N) is 1. The van der Waals surface area contributed by atoms with Crippen molar-refractivity contribution in [1.82, 2.24) is 10.2 Å². The molecule has 1 N–H and O–H groups in total. The number of hydrogen-bond acceptors (Lipinski definition) is 6. The van der Waals surface area contributed by atoms with Gasteiger partial charge in [-0.05, 0) is 41.8 Å². The summed E-state index contributed by atoms with van der Waals surface area (Å²) < 4.78 is 16.6. The van der Waals surface area contributed by atoms with Gasteiger partial charge in [0.1, 0.15) is 5.75 Å². The van der Waals surface area contributed by atoms with Crippen LogP contribution in [0, 0.1) is 0 Å². The number of nitrogens with zero attached hydrogens (tertiary/aromatic N) is 2. The predicted molar refractivity (Wildman–Crippen MR) is 116 cm³/mol. The van der Waals surface area contributed by atoms with Gasteiger partial charge in [-0.2, -0.15) is 0 Å². The normalized spacial score (nSPS) is 17.2. The lowest BCUT2D eigenvalue weighted by Crippen LogP contribution is -2.51. The van der Waals surface area contributed by atoms with Crippen LogP contribution in [-0.4, -0.2) is 63.7 Å². The van der Waals surface area contributed by atoms with E-state index in [1.807, 2.05) is 46.2 Å². The SMILES string of the molecule is CNC(=O)C1CN(CC(=O)N2CCc3cc(OC)c(OC)cc3C2)c2ccccc2O1. The summed E-state index contributed by atoms with van der Waals surface area (Å²) in [5.41, 5.74) is 3.04. The average molecular weight is 425 g/mol. The molecule has 31 heavy (non-hydrogen) atoms. The molecule has 164 valence electrons. The number of rotatable bonds is 5. The van der Waals surface area contributed by atoms with E-state index < -0.39 is 6.10 Å². The number of carbonyl (C=O) groups excluding carboxylic acids is 2. The summed E-state index contributed by atoms with van der Waals surface area (Å²) in [5, 5.41) is 2.63. The molecule has 2 amide bonds. The van der Waals surface area contributed by atoms with Crippen molar-refractivity contribution in [3.05, 3.63) is 47.5 Å². The average Bonchev–Trinajstić information content (AvgIpc) is 2.81. The first kappa shape index (κ1) is 20.8. The van der Waals surface area contributed by atoms with Crippen LogP contribution in [0.3, 0.4) is 0 Å². The quantitative estimate of drug-likeness (QED) is 0.784. The first-order valence-corrected chi connectivity index (χ1v) is 10.3. The zero-order valence-electron chi connectivity index (χ0n) is 18.0. The highest BCUT2D eigenvalue weighted by atomic mass is 16.5. The third-order valence-corrected chi connectivity index (χ3v) is 5.80. The lowest BCUT2D eigenvalue weighted by molar-refractivity contribution is -0.131. The van der Waals surface area contributed by atoms with E-state index in [0.717, 1.165) is 23.2 Å². The Bertz CT molecular complexity index is 993. The number of methoxy groups -OCH3 is 2. The Morgan fingerprint density at radius 3 is 2.55 bits per heavy atom. The summed E-state index contributed by atoms with van der Waals surface area (Å²) in [6, 6.07) is 11.4. The van der Waals surface area contributed by atoms with Crippen molar-refractivity contribution in [2.75, 3.05) is 45.8 Å². The van der Waals surface area contributed by atoms with Crippen molar-refractivity contribution in [2.45, 2.75) is 19.1 Å². The number of amides is 2. The third-order valence-electron chi connectivity index (χ3n) is 5.80. The van der Waals surface area contributed by atoms with Crippen molar-refractivity contribution in [3.8, 4) is 17.2 Å². The van der Waals surface area contributed by atoms with Crippen LogP contribution < -0.4 is 24.4 Å². The smallest absolute Gasteiger partial charge is 0.262 e. The molecule has 0 aliphatic carbocycles. The maximum atomic E-state index is 13.2. The molecular weight excluding hydrogens is 398 g/mol. The van der Waals surface area contributed by atoms with Crippen molar-refractivity contribution in [2.24, 2.45) is 0 Å². The van der Waals surface area contributed by atoms with Gasteiger partial charge in [-0.15, -0.1) is 0 Å². The highest BCUT2D eigenvalue weighted by Gasteiger charge is 2.32. The summed E-state index contributed by atoms with van der Waals surface area (Å²) in [5.74, 6) is 1.76. The number of ether oxygens (including phenoxy) is 3. The lowest BCUT2D eigenvalue weighted by atomic mass is 9.98. The number of para-hydroxylation sites is 2. The fourth-order valence-corrected chi connectivity index (χ4v) is 4.11. The zero-order valence-corrected chi connectivity index (χ0v) is 18.0. The van der Waals surface area contributed by atoms with E-state index in [1.165, 1.54) is 0 Å². The molecule has 0 aromatic heterocycles. The molecule has 4 rings (SSSR count). The number of fused-ring (bicyclic) bond motifs is 2. The highest BCUT2D eigenvalue weighted by molar-refractivity contribution is 5.86. The summed E-state index contributed by atoms with van der Waals surface area (Å²) in [6.45, 7) is 1.64. The minimum Gasteiger partial charge on any atom is -0.493 e. The number of hydrogen-bond donors (Lipinski definition) is 1. The molecule has 0 fully saturated rings. The van der Waals surface area contributed by atoms with E-state index in [0.29, 0.717) is 36.9 Å². The Morgan fingerprint density at radius 2 is 1.84 bits per heavy atom. The Kier molecular flexibility index (Phi) is 5.88. The third kappa shape index (κ3) is 4.10. The van der Waals surface area contributed by atoms with E-state index in [4.69, 9.17) is 14.2 Å². The van der Waals surface area contributed by atoms with Crippen LogP contribution in [0.25, 0.3) is 0 Å². The Balaban J connectivity index is 1.51. The Labute approximate surface area is 181 Å². The van der Waals surface area contributed by atoms with Crippen molar-refractivity contribution < 1.29 is 23.8 Å². The van der Waals surface area contributed by atoms with Crippen molar-refractivity contribution in [1.29, 1.82) is 0 Å². The largest absolute Gasteiger partial charge is 0.493 e. The number of likely N-dealkylation sites (N-methyl/N-ethyl adjacent to an activating group) is 1. The molecular formula is C23H27N3O5. The van der Waals surface area contributed by atoms with Gasteiger partial charge in [0.2, 0.25) is 5.91 Å². The zero-order chi connectivity index (χ0) is 22.0. The van der Waals surface area contributed by atoms with Gasteiger partial charge in [0.05, 0.1) is 33.0 Å². The Morgan fingerprint density at radius 1 is 1.13 bits per heavy atom. The number of benzene rings is 2. The highest BCUT2D eigenvalue weighted by Crippen LogP contribution is 2.35. The topological polar surface area (TPSA) is 80.3 Å².